The highest BCUT2D eigenvalue weighted by Gasteiger charge is 2.25. The van der Waals surface area contributed by atoms with E-state index >= 15 is 0 Å². The van der Waals surface area contributed by atoms with Crippen LogP contribution in [0.4, 0.5) is 0 Å². The van der Waals surface area contributed by atoms with Crippen molar-refractivity contribution in [2.24, 2.45) is 0 Å². The van der Waals surface area contributed by atoms with Crippen LogP contribution in [0.1, 0.15) is 34.7 Å². The highest BCUT2D eigenvalue weighted by molar-refractivity contribution is 7.80. The molecular weight excluding hydrogens is 352 g/mol. The molecular formula is C24H14O2S. The van der Waals surface area contributed by atoms with E-state index in [9.17, 15) is 9.59 Å². The first-order valence-electron chi connectivity index (χ1n) is 8.16. The van der Waals surface area contributed by atoms with Gasteiger partial charge in [-0.2, -0.15) is 0 Å². The van der Waals surface area contributed by atoms with Crippen LogP contribution >= 0.6 is 12.2 Å². The molecule has 0 N–H and O–H groups in total. The van der Waals surface area contributed by atoms with Crippen molar-refractivity contribution in [1.29, 1.82) is 0 Å². The Bertz CT molecular complexity index is 1150. The number of hydrogen-bond donors (Lipinski definition) is 0. The average molecular weight is 366 g/mol. The highest BCUT2D eigenvalue weighted by atomic mass is 32.1. The van der Waals surface area contributed by atoms with Crippen LogP contribution in [-0.4, -0.2) is 16.4 Å². The summed E-state index contributed by atoms with van der Waals surface area (Å²) in [5.74, 6) is 4.54. The van der Waals surface area contributed by atoms with Gasteiger partial charge in [0, 0.05) is 38.3 Å². The molecule has 0 aliphatic heterocycles. The molecule has 0 saturated carbocycles. The zero-order valence-corrected chi connectivity index (χ0v) is 15.4. The maximum Gasteiger partial charge on any atom is 0.187 e. The van der Waals surface area contributed by atoms with Gasteiger partial charge in [-0.3, -0.25) is 9.59 Å². The SMILES string of the molecule is C#Cc1ccccc1C1=CC(=O)C(c2ccc(C(C)=S)cc2C#C)=CC1=O. The van der Waals surface area contributed by atoms with E-state index in [1.165, 1.54) is 12.2 Å². The maximum absolute atomic E-state index is 12.8. The van der Waals surface area contributed by atoms with Crippen molar-refractivity contribution in [2.45, 2.75) is 6.92 Å². The molecule has 3 heteroatoms. The van der Waals surface area contributed by atoms with Gasteiger partial charge in [-0.25, -0.2) is 0 Å². The van der Waals surface area contributed by atoms with Gasteiger partial charge in [0.15, 0.2) is 11.6 Å². The second-order valence-electron chi connectivity index (χ2n) is 6.00. The molecule has 0 saturated heterocycles. The molecule has 0 aromatic heterocycles. The molecule has 0 fully saturated rings. The lowest BCUT2D eigenvalue weighted by atomic mass is 9.85. The fourth-order valence-electron chi connectivity index (χ4n) is 2.94. The zero-order valence-electron chi connectivity index (χ0n) is 14.6. The summed E-state index contributed by atoms with van der Waals surface area (Å²) >= 11 is 5.17. The van der Waals surface area contributed by atoms with Crippen molar-refractivity contribution in [1.82, 2.24) is 0 Å². The summed E-state index contributed by atoms with van der Waals surface area (Å²) in [6.45, 7) is 1.80. The maximum atomic E-state index is 12.8. The smallest absolute Gasteiger partial charge is 0.187 e. The third-order valence-corrected chi connectivity index (χ3v) is 4.56. The fourth-order valence-corrected chi connectivity index (χ4v) is 3.07. The van der Waals surface area contributed by atoms with Crippen LogP contribution < -0.4 is 0 Å². The number of carbonyl (C=O) groups is 2. The Balaban J connectivity index is 2.07. The van der Waals surface area contributed by atoms with Crippen LogP contribution in [0, 0.1) is 24.7 Å². The van der Waals surface area contributed by atoms with Crippen molar-refractivity contribution >= 4 is 39.8 Å². The molecule has 2 nitrogen and oxygen atoms in total. The Hall–Kier alpha value is -3.53. The summed E-state index contributed by atoms with van der Waals surface area (Å²) in [6.07, 6.45) is 13.8. The van der Waals surface area contributed by atoms with Crippen LogP contribution in [0.3, 0.4) is 0 Å². The van der Waals surface area contributed by atoms with Crippen molar-refractivity contribution in [2.75, 3.05) is 0 Å². The molecule has 0 atom stereocenters. The molecule has 0 radical (unpaired) electrons. The van der Waals surface area contributed by atoms with Gasteiger partial charge in [-0.15, -0.1) is 12.8 Å². The Morgan fingerprint density at radius 2 is 1.41 bits per heavy atom. The molecule has 2 aromatic carbocycles. The number of rotatable bonds is 3. The molecule has 0 amide bonds. The minimum Gasteiger partial charge on any atom is -0.289 e. The summed E-state index contributed by atoms with van der Waals surface area (Å²) in [7, 11) is 0. The third-order valence-electron chi connectivity index (χ3n) is 4.33. The van der Waals surface area contributed by atoms with E-state index in [4.69, 9.17) is 25.1 Å². The first kappa shape index (κ1) is 18.3. The van der Waals surface area contributed by atoms with Gasteiger partial charge in [-0.05, 0) is 36.8 Å². The van der Waals surface area contributed by atoms with Crippen molar-refractivity contribution in [3.63, 3.8) is 0 Å². The lowest BCUT2D eigenvalue weighted by molar-refractivity contribution is -0.112. The summed E-state index contributed by atoms with van der Waals surface area (Å²) in [4.78, 5) is 26.2. The second kappa shape index (κ2) is 7.38. The van der Waals surface area contributed by atoms with Gasteiger partial charge in [-0.1, -0.05) is 54.4 Å². The van der Waals surface area contributed by atoms with Crippen LogP contribution in [-0.2, 0) is 9.59 Å². The summed E-state index contributed by atoms with van der Waals surface area (Å²) in [6, 6.07) is 12.3. The summed E-state index contributed by atoms with van der Waals surface area (Å²) < 4.78 is 0. The molecule has 0 bridgehead atoms. The zero-order chi connectivity index (χ0) is 19.6. The lowest BCUT2D eigenvalue weighted by Gasteiger charge is -2.15. The van der Waals surface area contributed by atoms with Crippen molar-refractivity contribution < 1.29 is 9.59 Å². The van der Waals surface area contributed by atoms with Crippen LogP contribution in [0.5, 0.6) is 0 Å². The quantitative estimate of drug-likeness (QED) is 0.356. The molecule has 128 valence electrons. The first-order valence-corrected chi connectivity index (χ1v) is 8.57. The largest absolute Gasteiger partial charge is 0.289 e. The summed E-state index contributed by atoms with van der Waals surface area (Å²) in [5, 5.41) is 0. The van der Waals surface area contributed by atoms with Gasteiger partial charge < -0.3 is 0 Å². The predicted molar refractivity (Wildman–Crippen MR) is 112 cm³/mol. The Morgan fingerprint density at radius 3 is 1.96 bits per heavy atom. The molecule has 0 heterocycles. The van der Waals surface area contributed by atoms with Crippen molar-refractivity contribution in [3.8, 4) is 24.7 Å². The Morgan fingerprint density at radius 1 is 0.852 bits per heavy atom. The molecule has 0 unspecified atom stereocenters. The van der Waals surface area contributed by atoms with Gasteiger partial charge in [0.1, 0.15) is 0 Å². The molecule has 27 heavy (non-hydrogen) atoms. The third kappa shape index (κ3) is 3.42. The van der Waals surface area contributed by atoms with Crippen molar-refractivity contribution in [3.05, 3.63) is 82.4 Å². The molecule has 1 aliphatic rings. The van der Waals surface area contributed by atoms with E-state index in [2.05, 4.69) is 11.8 Å². The number of allylic oxidation sites excluding steroid dienone is 4. The number of benzene rings is 2. The molecule has 0 spiro atoms. The van der Waals surface area contributed by atoms with E-state index in [0.29, 0.717) is 27.1 Å². The minimum absolute atomic E-state index is 0.267. The van der Waals surface area contributed by atoms with Crippen LogP contribution in [0.15, 0.2) is 54.6 Å². The Labute approximate surface area is 163 Å². The topological polar surface area (TPSA) is 34.1 Å². The average Bonchev–Trinajstić information content (AvgIpc) is 2.68. The van der Waals surface area contributed by atoms with E-state index in [-0.39, 0.29) is 22.7 Å². The number of hydrogen-bond acceptors (Lipinski definition) is 3. The standard InChI is InChI=1S/C24H14O2S/c1-4-16-8-6-7-9-19(16)21-13-24(26)22(14-23(21)25)20-11-10-18(15(3)27)12-17(20)5-2/h1-2,6-14H,3H3. The van der Waals surface area contributed by atoms with Crippen LogP contribution in [0.25, 0.3) is 11.1 Å². The number of thiocarbonyl (C=S) groups is 1. The van der Waals surface area contributed by atoms with E-state index < -0.39 is 0 Å². The van der Waals surface area contributed by atoms with E-state index in [1.807, 2.05) is 0 Å². The highest BCUT2D eigenvalue weighted by Crippen LogP contribution is 2.30. The number of terminal acetylenes is 2. The molecule has 1 aliphatic carbocycles. The van der Waals surface area contributed by atoms with Gasteiger partial charge in [0.25, 0.3) is 0 Å². The molecule has 3 rings (SSSR count). The monoisotopic (exact) mass is 366 g/mol. The minimum atomic E-state index is -0.292. The number of ketones is 2. The van der Waals surface area contributed by atoms with Gasteiger partial charge in [0.05, 0.1) is 0 Å². The summed E-state index contributed by atoms with van der Waals surface area (Å²) in [5.41, 5.74) is 3.55. The lowest BCUT2D eigenvalue weighted by Crippen LogP contribution is -2.13. The Kier molecular flexibility index (Phi) is 4.99. The van der Waals surface area contributed by atoms with Crippen LogP contribution in [0.2, 0.25) is 0 Å². The first-order chi connectivity index (χ1) is 13.0. The number of carbonyl (C=O) groups excluding carboxylic acids is 2. The van der Waals surface area contributed by atoms with Gasteiger partial charge >= 0.3 is 0 Å². The predicted octanol–water partition coefficient (Wildman–Crippen LogP) is 4.01. The van der Waals surface area contributed by atoms with E-state index in [1.54, 1.807) is 49.4 Å². The molecule has 2 aromatic rings. The fraction of sp³-hybridized carbons (Fsp3) is 0.0417. The van der Waals surface area contributed by atoms with Gasteiger partial charge in [0.2, 0.25) is 0 Å². The normalized spacial score (nSPS) is 13.3. The van der Waals surface area contributed by atoms with E-state index in [0.717, 1.165) is 5.56 Å². The second-order valence-corrected chi connectivity index (χ2v) is 6.61.